The molecule has 21 heavy (non-hydrogen) atoms. The van der Waals surface area contributed by atoms with Crippen LogP contribution in [0.4, 0.5) is 11.5 Å². The molecule has 5 heteroatoms. The lowest BCUT2D eigenvalue weighted by atomic mass is 9.98. The average Bonchev–Trinajstić information content (AvgIpc) is 2.48. The van der Waals surface area contributed by atoms with Gasteiger partial charge in [-0.2, -0.15) is 0 Å². The number of nitrogens with zero attached hydrogens (tertiary/aromatic N) is 1. The zero-order chi connectivity index (χ0) is 15.4. The number of anilines is 2. The minimum atomic E-state index is -0.229. The summed E-state index contributed by atoms with van der Waals surface area (Å²) in [5.41, 5.74) is 5.84. The van der Waals surface area contributed by atoms with Gasteiger partial charge < -0.3 is 10.7 Å². The highest BCUT2D eigenvalue weighted by atomic mass is 16.1. The first kappa shape index (κ1) is 15.0. The number of hydrogen-bond donors (Lipinski definition) is 3. The second-order valence-corrected chi connectivity index (χ2v) is 5.19. The molecule has 1 heterocycles. The van der Waals surface area contributed by atoms with Crippen molar-refractivity contribution in [2.24, 2.45) is 5.84 Å². The molecular formula is C16H20N4O. The first-order valence-corrected chi connectivity index (χ1v) is 6.87. The van der Waals surface area contributed by atoms with Crippen molar-refractivity contribution in [1.82, 2.24) is 4.98 Å². The number of nitrogens with one attached hydrogen (secondary N) is 2. The quantitative estimate of drug-likeness (QED) is 0.595. The van der Waals surface area contributed by atoms with Crippen molar-refractivity contribution >= 4 is 17.4 Å². The first-order chi connectivity index (χ1) is 10.0. The zero-order valence-corrected chi connectivity index (χ0v) is 12.5. The fourth-order valence-corrected chi connectivity index (χ4v) is 2.23. The van der Waals surface area contributed by atoms with E-state index in [2.05, 4.69) is 29.6 Å². The van der Waals surface area contributed by atoms with E-state index in [0.717, 1.165) is 16.8 Å². The molecule has 0 aliphatic carbocycles. The number of benzene rings is 1. The molecule has 1 aromatic carbocycles. The molecular weight excluding hydrogens is 264 g/mol. The smallest absolute Gasteiger partial charge is 0.259 e. The number of carbonyl (C=O) groups is 1. The summed E-state index contributed by atoms with van der Waals surface area (Å²) in [6.45, 7) is 6.18. The van der Waals surface area contributed by atoms with Crippen LogP contribution in [0.15, 0.2) is 36.5 Å². The number of hydrazine groups is 1. The summed E-state index contributed by atoms with van der Waals surface area (Å²) in [5.74, 6) is 5.84. The number of nitrogen functional groups attached to an aromatic ring is 1. The molecule has 2 aromatic rings. The van der Waals surface area contributed by atoms with Gasteiger partial charge in [-0.05, 0) is 36.1 Å². The Morgan fingerprint density at radius 3 is 2.67 bits per heavy atom. The van der Waals surface area contributed by atoms with Gasteiger partial charge in [-0.1, -0.05) is 32.0 Å². The van der Waals surface area contributed by atoms with Crippen molar-refractivity contribution in [1.29, 1.82) is 0 Å². The van der Waals surface area contributed by atoms with Crippen LogP contribution >= 0.6 is 0 Å². The molecule has 0 radical (unpaired) electrons. The highest BCUT2D eigenvalue weighted by molar-refractivity contribution is 6.08. The fraction of sp³-hybridized carbons (Fsp3) is 0.250. The largest absolute Gasteiger partial charge is 0.321 e. The molecule has 0 aliphatic rings. The minimum Gasteiger partial charge on any atom is -0.321 e. The maximum Gasteiger partial charge on any atom is 0.259 e. The van der Waals surface area contributed by atoms with Crippen molar-refractivity contribution < 1.29 is 4.79 Å². The van der Waals surface area contributed by atoms with Crippen LogP contribution in [-0.4, -0.2) is 10.9 Å². The van der Waals surface area contributed by atoms with E-state index >= 15 is 0 Å². The Morgan fingerprint density at radius 1 is 1.24 bits per heavy atom. The number of para-hydroxylation sites is 1. The zero-order valence-electron chi connectivity index (χ0n) is 12.5. The standard InChI is InChI=1S/C16H20N4O/c1-10(2)12-7-4-6-11(3)14(12)19-16(21)13-8-5-9-18-15(13)20-17/h4-10H,17H2,1-3H3,(H,18,20)(H,19,21). The third-order valence-electron chi connectivity index (χ3n) is 3.35. The Bertz CT molecular complexity index is 652. The molecule has 110 valence electrons. The summed E-state index contributed by atoms with van der Waals surface area (Å²) in [6.07, 6.45) is 1.58. The van der Waals surface area contributed by atoms with Gasteiger partial charge in [-0.15, -0.1) is 0 Å². The van der Waals surface area contributed by atoms with Crippen molar-refractivity contribution in [3.8, 4) is 0 Å². The van der Waals surface area contributed by atoms with Crippen molar-refractivity contribution in [2.75, 3.05) is 10.7 Å². The molecule has 0 saturated carbocycles. The Labute approximate surface area is 124 Å². The van der Waals surface area contributed by atoms with Crippen molar-refractivity contribution in [3.63, 3.8) is 0 Å². The maximum atomic E-state index is 12.5. The van der Waals surface area contributed by atoms with E-state index in [4.69, 9.17) is 5.84 Å². The van der Waals surface area contributed by atoms with Crippen LogP contribution in [0, 0.1) is 6.92 Å². The van der Waals surface area contributed by atoms with Gasteiger partial charge in [0.05, 0.1) is 5.56 Å². The van der Waals surface area contributed by atoms with Gasteiger partial charge in [-0.3, -0.25) is 4.79 Å². The predicted octanol–water partition coefficient (Wildman–Crippen LogP) is 3.05. The average molecular weight is 284 g/mol. The molecule has 0 bridgehead atoms. The monoisotopic (exact) mass is 284 g/mol. The highest BCUT2D eigenvalue weighted by Gasteiger charge is 2.16. The van der Waals surface area contributed by atoms with Crippen LogP contribution in [-0.2, 0) is 0 Å². The van der Waals surface area contributed by atoms with E-state index in [1.807, 2.05) is 25.1 Å². The lowest BCUT2D eigenvalue weighted by Crippen LogP contribution is -2.19. The van der Waals surface area contributed by atoms with E-state index in [1.165, 1.54) is 0 Å². The van der Waals surface area contributed by atoms with E-state index in [-0.39, 0.29) is 5.91 Å². The number of aromatic nitrogens is 1. The summed E-state index contributed by atoms with van der Waals surface area (Å²) >= 11 is 0. The number of nitrogens with two attached hydrogens (primary N) is 1. The Hall–Kier alpha value is -2.40. The molecule has 0 aliphatic heterocycles. The summed E-state index contributed by atoms with van der Waals surface area (Å²) in [5, 5.41) is 2.98. The Morgan fingerprint density at radius 2 is 2.00 bits per heavy atom. The second kappa shape index (κ2) is 6.37. The molecule has 2 rings (SSSR count). The van der Waals surface area contributed by atoms with Crippen LogP contribution in [0.2, 0.25) is 0 Å². The lowest BCUT2D eigenvalue weighted by Gasteiger charge is -2.17. The third kappa shape index (κ3) is 3.20. The Kier molecular flexibility index (Phi) is 4.55. The maximum absolute atomic E-state index is 12.5. The van der Waals surface area contributed by atoms with Crippen LogP contribution < -0.4 is 16.6 Å². The van der Waals surface area contributed by atoms with Crippen molar-refractivity contribution in [2.45, 2.75) is 26.7 Å². The van der Waals surface area contributed by atoms with Gasteiger partial charge in [0.2, 0.25) is 0 Å². The van der Waals surface area contributed by atoms with Gasteiger partial charge in [0.25, 0.3) is 5.91 Å². The summed E-state index contributed by atoms with van der Waals surface area (Å²) in [6, 6.07) is 9.39. The van der Waals surface area contributed by atoms with Gasteiger partial charge in [0, 0.05) is 11.9 Å². The molecule has 0 unspecified atom stereocenters. The first-order valence-electron chi connectivity index (χ1n) is 6.87. The third-order valence-corrected chi connectivity index (χ3v) is 3.35. The van der Waals surface area contributed by atoms with E-state index in [0.29, 0.717) is 17.3 Å². The summed E-state index contributed by atoms with van der Waals surface area (Å²) < 4.78 is 0. The predicted molar refractivity (Wildman–Crippen MR) is 85.3 cm³/mol. The SMILES string of the molecule is Cc1cccc(C(C)C)c1NC(=O)c1cccnc1NN. The van der Waals surface area contributed by atoms with Crippen LogP contribution in [0.3, 0.4) is 0 Å². The van der Waals surface area contributed by atoms with Crippen LogP contribution in [0.5, 0.6) is 0 Å². The topological polar surface area (TPSA) is 80.0 Å². The normalized spacial score (nSPS) is 10.5. The number of pyridine rings is 1. The fourth-order valence-electron chi connectivity index (χ4n) is 2.23. The van der Waals surface area contributed by atoms with Gasteiger partial charge >= 0.3 is 0 Å². The number of hydrogen-bond acceptors (Lipinski definition) is 4. The van der Waals surface area contributed by atoms with Gasteiger partial charge in [0.15, 0.2) is 5.82 Å². The molecule has 5 nitrogen and oxygen atoms in total. The number of rotatable bonds is 4. The molecule has 0 atom stereocenters. The van der Waals surface area contributed by atoms with Crippen LogP contribution in [0.25, 0.3) is 0 Å². The van der Waals surface area contributed by atoms with Crippen LogP contribution in [0.1, 0.15) is 41.3 Å². The molecule has 1 aromatic heterocycles. The van der Waals surface area contributed by atoms with E-state index < -0.39 is 0 Å². The number of aryl methyl sites for hydroxylation is 1. The van der Waals surface area contributed by atoms with Crippen molar-refractivity contribution in [3.05, 3.63) is 53.2 Å². The van der Waals surface area contributed by atoms with Gasteiger partial charge in [-0.25, -0.2) is 10.8 Å². The second-order valence-electron chi connectivity index (χ2n) is 5.19. The number of carbonyl (C=O) groups excluding carboxylic acids is 1. The highest BCUT2D eigenvalue weighted by Crippen LogP contribution is 2.28. The van der Waals surface area contributed by atoms with E-state index in [9.17, 15) is 4.79 Å². The van der Waals surface area contributed by atoms with E-state index in [1.54, 1.807) is 18.3 Å². The molecule has 0 saturated heterocycles. The molecule has 4 N–H and O–H groups in total. The molecule has 0 fully saturated rings. The molecule has 0 spiro atoms. The lowest BCUT2D eigenvalue weighted by molar-refractivity contribution is 0.102. The Balaban J connectivity index is 2.36. The summed E-state index contributed by atoms with van der Waals surface area (Å²) in [4.78, 5) is 16.5. The number of amides is 1. The summed E-state index contributed by atoms with van der Waals surface area (Å²) in [7, 11) is 0. The minimum absolute atomic E-state index is 0.229. The molecule has 1 amide bonds. The van der Waals surface area contributed by atoms with Gasteiger partial charge in [0.1, 0.15) is 0 Å².